The molecule has 1 saturated heterocycles. The van der Waals surface area contributed by atoms with Crippen LogP contribution in [0.5, 0.6) is 0 Å². The number of nitrogens with zero attached hydrogens (tertiary/aromatic N) is 4. The molecule has 2 unspecified atom stereocenters. The Bertz CT molecular complexity index is 375. The molecular weight excluding hydrogens is 228 g/mol. The Morgan fingerprint density at radius 1 is 1.62 bits per heavy atom. The third-order valence-corrected chi connectivity index (χ3v) is 4.08. The molecule has 0 aliphatic carbocycles. The quantitative estimate of drug-likeness (QED) is 0.859. The van der Waals surface area contributed by atoms with Gasteiger partial charge in [0.25, 0.3) is 0 Å². The number of tetrazole rings is 1. The van der Waals surface area contributed by atoms with Gasteiger partial charge in [-0.25, -0.2) is 9.48 Å². The SMILES string of the molecule is CC(C(=O)O)n1nnnc1C1CCCCS1. The lowest BCUT2D eigenvalue weighted by molar-refractivity contribution is -0.140. The summed E-state index contributed by atoms with van der Waals surface area (Å²) in [4.78, 5) is 10.9. The number of carboxylic acid groups (broad SMARTS) is 1. The maximum absolute atomic E-state index is 10.9. The van der Waals surface area contributed by atoms with Crippen LogP contribution < -0.4 is 0 Å². The number of rotatable bonds is 3. The predicted octanol–water partition coefficient (Wildman–Crippen LogP) is 1.28. The molecule has 6 nitrogen and oxygen atoms in total. The van der Waals surface area contributed by atoms with Gasteiger partial charge in [-0.2, -0.15) is 11.8 Å². The Labute approximate surface area is 97.4 Å². The van der Waals surface area contributed by atoms with Crippen molar-refractivity contribution in [3.8, 4) is 0 Å². The molecule has 1 aromatic rings. The Morgan fingerprint density at radius 3 is 3.06 bits per heavy atom. The first-order chi connectivity index (χ1) is 7.70. The zero-order valence-electron chi connectivity index (χ0n) is 9.04. The molecule has 7 heteroatoms. The van der Waals surface area contributed by atoms with Gasteiger partial charge in [0.1, 0.15) is 6.04 Å². The molecule has 16 heavy (non-hydrogen) atoms. The van der Waals surface area contributed by atoms with E-state index < -0.39 is 12.0 Å². The zero-order valence-corrected chi connectivity index (χ0v) is 9.85. The van der Waals surface area contributed by atoms with Crippen molar-refractivity contribution < 1.29 is 9.90 Å². The highest BCUT2D eigenvalue weighted by Gasteiger charge is 2.26. The third kappa shape index (κ3) is 2.18. The van der Waals surface area contributed by atoms with E-state index in [4.69, 9.17) is 5.11 Å². The van der Waals surface area contributed by atoms with E-state index >= 15 is 0 Å². The van der Waals surface area contributed by atoms with Crippen LogP contribution in [0.4, 0.5) is 0 Å². The minimum atomic E-state index is -0.908. The van der Waals surface area contributed by atoms with Gasteiger partial charge in [0.15, 0.2) is 5.82 Å². The second kappa shape index (κ2) is 4.82. The molecule has 0 bridgehead atoms. The van der Waals surface area contributed by atoms with Crippen LogP contribution in [0.2, 0.25) is 0 Å². The van der Waals surface area contributed by atoms with E-state index in [2.05, 4.69) is 15.5 Å². The predicted molar refractivity (Wildman–Crippen MR) is 59.2 cm³/mol. The van der Waals surface area contributed by atoms with Crippen molar-refractivity contribution in [1.82, 2.24) is 20.2 Å². The third-order valence-electron chi connectivity index (χ3n) is 2.71. The summed E-state index contributed by atoms with van der Waals surface area (Å²) in [5.74, 6) is 0.882. The number of aliphatic carboxylic acids is 1. The largest absolute Gasteiger partial charge is 0.480 e. The first kappa shape index (κ1) is 11.4. The lowest BCUT2D eigenvalue weighted by Crippen LogP contribution is -2.21. The smallest absolute Gasteiger partial charge is 0.328 e. The molecule has 1 N–H and O–H groups in total. The lowest BCUT2D eigenvalue weighted by atomic mass is 10.2. The number of hydrogen-bond donors (Lipinski definition) is 1. The van der Waals surface area contributed by atoms with E-state index in [9.17, 15) is 4.79 Å². The Balaban J connectivity index is 2.20. The zero-order chi connectivity index (χ0) is 11.5. The fourth-order valence-electron chi connectivity index (χ4n) is 1.74. The molecule has 2 rings (SSSR count). The van der Waals surface area contributed by atoms with Crippen molar-refractivity contribution in [3.05, 3.63) is 5.82 Å². The minimum absolute atomic E-state index is 0.241. The number of aromatic nitrogens is 4. The van der Waals surface area contributed by atoms with Crippen molar-refractivity contribution in [3.63, 3.8) is 0 Å². The number of carbonyl (C=O) groups is 1. The first-order valence-electron chi connectivity index (χ1n) is 5.32. The fourth-order valence-corrected chi connectivity index (χ4v) is 3.03. The molecule has 2 heterocycles. The molecule has 1 aliphatic rings. The summed E-state index contributed by atoms with van der Waals surface area (Å²) in [7, 11) is 0. The minimum Gasteiger partial charge on any atom is -0.480 e. The molecule has 1 aromatic heterocycles. The van der Waals surface area contributed by atoms with Crippen molar-refractivity contribution >= 4 is 17.7 Å². The molecule has 0 radical (unpaired) electrons. The Morgan fingerprint density at radius 2 is 2.44 bits per heavy atom. The molecule has 0 amide bonds. The number of carboxylic acids is 1. The topological polar surface area (TPSA) is 80.9 Å². The molecule has 1 aliphatic heterocycles. The van der Waals surface area contributed by atoms with E-state index in [1.54, 1.807) is 6.92 Å². The molecule has 88 valence electrons. The van der Waals surface area contributed by atoms with Crippen LogP contribution >= 0.6 is 11.8 Å². The first-order valence-corrected chi connectivity index (χ1v) is 6.37. The fraction of sp³-hybridized carbons (Fsp3) is 0.778. The van der Waals surface area contributed by atoms with Crippen molar-refractivity contribution in [2.75, 3.05) is 5.75 Å². The Kier molecular flexibility index (Phi) is 3.42. The highest BCUT2D eigenvalue weighted by atomic mass is 32.2. The van der Waals surface area contributed by atoms with Crippen LogP contribution in [-0.2, 0) is 4.79 Å². The molecule has 0 saturated carbocycles. The van der Waals surface area contributed by atoms with Crippen LogP contribution in [0.3, 0.4) is 0 Å². The van der Waals surface area contributed by atoms with E-state index in [1.165, 1.54) is 11.1 Å². The van der Waals surface area contributed by atoms with Gasteiger partial charge >= 0.3 is 5.97 Å². The van der Waals surface area contributed by atoms with Crippen molar-refractivity contribution in [2.45, 2.75) is 37.5 Å². The summed E-state index contributed by atoms with van der Waals surface area (Å²) >= 11 is 1.81. The van der Waals surface area contributed by atoms with Crippen LogP contribution in [-0.4, -0.2) is 37.0 Å². The highest BCUT2D eigenvalue weighted by molar-refractivity contribution is 7.99. The summed E-state index contributed by atoms with van der Waals surface area (Å²) in [5, 5.41) is 20.5. The van der Waals surface area contributed by atoms with Gasteiger partial charge in [0, 0.05) is 0 Å². The summed E-state index contributed by atoms with van der Waals surface area (Å²) < 4.78 is 1.42. The molecular formula is C9H14N4O2S. The Hall–Kier alpha value is -1.11. The van der Waals surface area contributed by atoms with E-state index in [1.807, 2.05) is 11.8 Å². The second-order valence-corrected chi connectivity index (χ2v) is 5.16. The van der Waals surface area contributed by atoms with Crippen molar-refractivity contribution in [2.24, 2.45) is 0 Å². The highest BCUT2D eigenvalue weighted by Crippen LogP contribution is 2.37. The van der Waals surface area contributed by atoms with E-state index in [0.29, 0.717) is 5.82 Å². The molecule has 0 aromatic carbocycles. The number of hydrogen-bond acceptors (Lipinski definition) is 5. The van der Waals surface area contributed by atoms with Crippen LogP contribution in [0, 0.1) is 0 Å². The average molecular weight is 242 g/mol. The van der Waals surface area contributed by atoms with Crippen LogP contribution in [0.1, 0.15) is 43.3 Å². The second-order valence-electron chi connectivity index (χ2n) is 3.85. The van der Waals surface area contributed by atoms with Crippen molar-refractivity contribution in [1.29, 1.82) is 0 Å². The molecule has 0 spiro atoms. The normalized spacial score (nSPS) is 22.9. The summed E-state index contributed by atoms with van der Waals surface area (Å²) in [6, 6.07) is -0.701. The average Bonchev–Trinajstić information content (AvgIpc) is 2.77. The van der Waals surface area contributed by atoms with Gasteiger partial charge in [-0.3, -0.25) is 0 Å². The maximum Gasteiger partial charge on any atom is 0.328 e. The van der Waals surface area contributed by atoms with Gasteiger partial charge in [0.05, 0.1) is 5.25 Å². The van der Waals surface area contributed by atoms with Crippen LogP contribution in [0.15, 0.2) is 0 Å². The summed E-state index contributed by atoms with van der Waals surface area (Å²) in [5.41, 5.74) is 0. The van der Waals surface area contributed by atoms with Gasteiger partial charge in [-0.1, -0.05) is 6.42 Å². The van der Waals surface area contributed by atoms with Gasteiger partial charge in [-0.15, -0.1) is 5.10 Å². The van der Waals surface area contributed by atoms with E-state index in [-0.39, 0.29) is 5.25 Å². The van der Waals surface area contributed by atoms with Gasteiger partial charge < -0.3 is 5.11 Å². The lowest BCUT2D eigenvalue weighted by Gasteiger charge is -2.21. The molecule has 1 fully saturated rings. The van der Waals surface area contributed by atoms with Gasteiger partial charge in [-0.05, 0) is 35.9 Å². The maximum atomic E-state index is 10.9. The number of thioether (sulfide) groups is 1. The van der Waals surface area contributed by atoms with Gasteiger partial charge in [0.2, 0.25) is 0 Å². The molecule has 2 atom stereocenters. The summed E-state index contributed by atoms with van der Waals surface area (Å²) in [6.07, 6.45) is 3.40. The van der Waals surface area contributed by atoms with E-state index in [0.717, 1.165) is 18.6 Å². The van der Waals surface area contributed by atoms with Crippen LogP contribution in [0.25, 0.3) is 0 Å². The summed E-state index contributed by atoms with van der Waals surface area (Å²) in [6.45, 7) is 1.59. The monoisotopic (exact) mass is 242 g/mol. The standard InChI is InChI=1S/C9H14N4O2S/c1-6(9(14)15)13-8(10-11-12-13)7-4-2-3-5-16-7/h6-7H,2-5H2,1H3,(H,14,15).